The molecular formula is C28H24N4O4S. The fraction of sp³-hybridized carbons (Fsp3) is 0.143. The number of rotatable bonds is 8. The molecule has 5 rings (SSSR count). The van der Waals surface area contributed by atoms with Crippen molar-refractivity contribution in [2.75, 3.05) is 11.1 Å². The van der Waals surface area contributed by atoms with E-state index in [1.165, 1.54) is 0 Å². The van der Waals surface area contributed by atoms with Gasteiger partial charge in [0.05, 0.1) is 29.8 Å². The number of nitrogens with one attached hydrogen (secondary N) is 2. The Morgan fingerprint density at radius 2 is 1.84 bits per heavy atom. The smallest absolute Gasteiger partial charge is 0.255 e. The summed E-state index contributed by atoms with van der Waals surface area (Å²) < 4.78 is 5.41. The third-order valence-corrected chi connectivity index (χ3v) is 7.18. The van der Waals surface area contributed by atoms with E-state index in [-0.39, 0.29) is 23.1 Å². The first-order valence-electron chi connectivity index (χ1n) is 11.7. The normalized spacial score (nSPS) is 15.0. The van der Waals surface area contributed by atoms with Crippen molar-refractivity contribution >= 4 is 35.2 Å². The fourth-order valence-electron chi connectivity index (χ4n) is 4.04. The molecule has 3 amide bonds. The van der Waals surface area contributed by atoms with Gasteiger partial charge in [-0.05, 0) is 53.6 Å². The topological polar surface area (TPSA) is 105 Å². The lowest BCUT2D eigenvalue weighted by molar-refractivity contribution is -0.128. The summed E-state index contributed by atoms with van der Waals surface area (Å²) in [5, 5.41) is 5.55. The Morgan fingerprint density at radius 3 is 2.59 bits per heavy atom. The second-order valence-corrected chi connectivity index (χ2v) is 9.50. The highest BCUT2D eigenvalue weighted by molar-refractivity contribution is 8.00. The van der Waals surface area contributed by atoms with E-state index in [1.807, 2.05) is 24.3 Å². The van der Waals surface area contributed by atoms with Crippen molar-refractivity contribution < 1.29 is 18.8 Å². The summed E-state index contributed by atoms with van der Waals surface area (Å²) in [6, 6.07) is 21.4. The maximum absolute atomic E-state index is 13.0. The highest BCUT2D eigenvalue weighted by atomic mass is 32.2. The number of aromatic nitrogens is 1. The molecule has 0 unspecified atom stereocenters. The van der Waals surface area contributed by atoms with E-state index in [4.69, 9.17) is 4.42 Å². The first-order chi connectivity index (χ1) is 18.1. The van der Waals surface area contributed by atoms with Crippen LogP contribution in [0.25, 0.3) is 0 Å². The third-order valence-electron chi connectivity index (χ3n) is 5.93. The molecular weight excluding hydrogens is 488 g/mol. The number of carbonyl (C=O) groups excluding carboxylic acids is 3. The number of hydrogen-bond donors (Lipinski definition) is 2. The van der Waals surface area contributed by atoms with E-state index in [1.54, 1.807) is 83.8 Å². The summed E-state index contributed by atoms with van der Waals surface area (Å²) in [7, 11) is 0. The highest BCUT2D eigenvalue weighted by Gasteiger charge is 2.33. The molecule has 0 spiro atoms. The average molecular weight is 513 g/mol. The number of hydrogen-bond acceptors (Lipinski definition) is 6. The van der Waals surface area contributed by atoms with E-state index in [0.717, 1.165) is 16.9 Å². The molecule has 0 radical (unpaired) electrons. The zero-order valence-corrected chi connectivity index (χ0v) is 20.6. The van der Waals surface area contributed by atoms with Crippen molar-refractivity contribution in [3.8, 4) is 0 Å². The first kappa shape index (κ1) is 24.3. The lowest BCUT2D eigenvalue weighted by Crippen LogP contribution is -2.27. The Kier molecular flexibility index (Phi) is 7.32. The molecule has 2 N–H and O–H groups in total. The average Bonchev–Trinajstić information content (AvgIpc) is 3.58. The molecule has 2 aromatic carbocycles. The molecule has 4 aromatic rings. The molecule has 2 aromatic heterocycles. The van der Waals surface area contributed by atoms with Gasteiger partial charge in [-0.15, -0.1) is 11.8 Å². The summed E-state index contributed by atoms with van der Waals surface area (Å²) >= 11 is 1.54. The van der Waals surface area contributed by atoms with Gasteiger partial charge in [0.15, 0.2) is 0 Å². The van der Waals surface area contributed by atoms with E-state index >= 15 is 0 Å². The number of amides is 3. The van der Waals surface area contributed by atoms with Crippen LogP contribution >= 0.6 is 11.8 Å². The number of nitrogens with zero attached hydrogens (tertiary/aromatic N) is 2. The summed E-state index contributed by atoms with van der Waals surface area (Å²) in [6.07, 6.45) is 4.95. The molecule has 0 saturated carbocycles. The molecule has 1 aliphatic heterocycles. The van der Waals surface area contributed by atoms with Crippen LogP contribution in [0.15, 0.2) is 95.9 Å². The molecule has 1 atom stereocenters. The molecule has 0 aliphatic carbocycles. The highest BCUT2D eigenvalue weighted by Crippen LogP contribution is 2.39. The molecule has 37 heavy (non-hydrogen) atoms. The number of benzene rings is 2. The molecule has 1 fully saturated rings. The molecule has 186 valence electrons. The lowest BCUT2D eigenvalue weighted by Gasteiger charge is -2.23. The van der Waals surface area contributed by atoms with Crippen LogP contribution in [0.5, 0.6) is 0 Å². The standard InChI is InChI=1S/C28H24N4O4S/c33-25-18-37-28(32(25)17-22-6-4-14-36-22)21-11-9-20(10-12-21)26(34)31-24-8-2-1-7-23(24)27(35)30-16-19-5-3-13-29-15-19/h1-15,28H,16-18H2,(H,30,35)(H,31,34)/t28-/m0/s1. The maximum Gasteiger partial charge on any atom is 0.255 e. The SMILES string of the molecule is O=C(Nc1ccccc1C(=O)NCc1cccnc1)c1ccc([C@@H]2SCC(=O)N2Cc2ccco2)cc1. The number of furan rings is 1. The Bertz CT molecular complexity index is 1390. The van der Waals surface area contributed by atoms with Gasteiger partial charge in [-0.2, -0.15) is 0 Å². The Labute approximate surface area is 218 Å². The molecule has 0 bridgehead atoms. The van der Waals surface area contributed by atoms with Crippen LogP contribution in [0, 0.1) is 0 Å². The predicted octanol–water partition coefficient (Wildman–Crippen LogP) is 4.63. The number of pyridine rings is 1. The van der Waals surface area contributed by atoms with Crippen molar-refractivity contribution in [2.24, 2.45) is 0 Å². The number of carbonyl (C=O) groups is 3. The minimum atomic E-state index is -0.332. The van der Waals surface area contributed by atoms with Gasteiger partial charge < -0.3 is 20.0 Å². The number of para-hydroxylation sites is 1. The van der Waals surface area contributed by atoms with Gasteiger partial charge in [-0.1, -0.05) is 30.3 Å². The number of anilines is 1. The van der Waals surface area contributed by atoms with Gasteiger partial charge >= 0.3 is 0 Å². The zero-order valence-electron chi connectivity index (χ0n) is 19.8. The van der Waals surface area contributed by atoms with Gasteiger partial charge in [0.2, 0.25) is 5.91 Å². The Morgan fingerprint density at radius 1 is 1.00 bits per heavy atom. The van der Waals surface area contributed by atoms with Gasteiger partial charge in [-0.3, -0.25) is 19.4 Å². The first-order valence-corrected chi connectivity index (χ1v) is 12.7. The van der Waals surface area contributed by atoms with Crippen LogP contribution < -0.4 is 10.6 Å². The quantitative estimate of drug-likeness (QED) is 0.357. The van der Waals surface area contributed by atoms with Crippen LogP contribution in [0.4, 0.5) is 5.69 Å². The van der Waals surface area contributed by atoms with Crippen LogP contribution in [0.3, 0.4) is 0 Å². The van der Waals surface area contributed by atoms with Crippen molar-refractivity contribution in [1.82, 2.24) is 15.2 Å². The zero-order chi connectivity index (χ0) is 25.6. The molecule has 8 nitrogen and oxygen atoms in total. The minimum absolute atomic E-state index is 0.0478. The van der Waals surface area contributed by atoms with Crippen molar-refractivity contribution in [3.05, 3.63) is 119 Å². The largest absolute Gasteiger partial charge is 0.467 e. The van der Waals surface area contributed by atoms with Crippen LogP contribution in [0.1, 0.15) is 43.0 Å². The summed E-state index contributed by atoms with van der Waals surface area (Å²) in [5.41, 5.74) is 3.03. The van der Waals surface area contributed by atoms with Gasteiger partial charge in [0, 0.05) is 24.5 Å². The van der Waals surface area contributed by atoms with Crippen molar-refractivity contribution in [1.29, 1.82) is 0 Å². The molecule has 9 heteroatoms. The van der Waals surface area contributed by atoms with Gasteiger partial charge in [0.1, 0.15) is 11.1 Å². The van der Waals surface area contributed by atoms with E-state index in [2.05, 4.69) is 15.6 Å². The molecule has 1 aliphatic rings. The monoisotopic (exact) mass is 512 g/mol. The predicted molar refractivity (Wildman–Crippen MR) is 141 cm³/mol. The Hall–Kier alpha value is -4.37. The van der Waals surface area contributed by atoms with Crippen molar-refractivity contribution in [2.45, 2.75) is 18.5 Å². The van der Waals surface area contributed by atoms with E-state index in [0.29, 0.717) is 35.7 Å². The molecule has 1 saturated heterocycles. The summed E-state index contributed by atoms with van der Waals surface area (Å²) in [6.45, 7) is 0.723. The van der Waals surface area contributed by atoms with E-state index in [9.17, 15) is 14.4 Å². The Balaban J connectivity index is 1.25. The summed E-state index contributed by atoms with van der Waals surface area (Å²) in [4.78, 5) is 44.1. The minimum Gasteiger partial charge on any atom is -0.467 e. The number of thioether (sulfide) groups is 1. The summed E-state index contributed by atoms with van der Waals surface area (Å²) in [5.74, 6) is 0.538. The molecule has 3 heterocycles. The maximum atomic E-state index is 13.0. The second-order valence-electron chi connectivity index (χ2n) is 8.43. The second kappa shape index (κ2) is 11.1. The van der Waals surface area contributed by atoms with Gasteiger partial charge in [-0.25, -0.2) is 0 Å². The van der Waals surface area contributed by atoms with Crippen LogP contribution in [-0.4, -0.2) is 33.4 Å². The third kappa shape index (κ3) is 5.73. The van der Waals surface area contributed by atoms with Crippen LogP contribution in [0.2, 0.25) is 0 Å². The van der Waals surface area contributed by atoms with Gasteiger partial charge in [0.25, 0.3) is 11.8 Å². The van der Waals surface area contributed by atoms with Crippen molar-refractivity contribution in [3.63, 3.8) is 0 Å². The van der Waals surface area contributed by atoms with E-state index < -0.39 is 0 Å². The van der Waals surface area contributed by atoms with Crippen LogP contribution in [-0.2, 0) is 17.9 Å². The fourth-order valence-corrected chi connectivity index (χ4v) is 5.22. The lowest BCUT2D eigenvalue weighted by atomic mass is 10.1.